The topological polar surface area (TPSA) is 148 Å². The molecule has 0 bridgehead atoms. The normalized spacial score (nSPS) is 12.8. The highest BCUT2D eigenvalue weighted by molar-refractivity contribution is 6.08. The maximum Gasteiger partial charge on any atom is 0.405 e. The summed E-state index contributed by atoms with van der Waals surface area (Å²) in [6.07, 6.45) is -1.09. The number of carbonyl (C=O) groups excluding carboxylic acids is 3. The van der Waals surface area contributed by atoms with Crippen LogP contribution >= 0.6 is 0 Å². The molecule has 0 aromatic heterocycles. The van der Waals surface area contributed by atoms with Crippen LogP contribution in [0.2, 0.25) is 0 Å². The number of likely N-dealkylation sites (N-methyl/N-ethyl adjacent to an activating group) is 2. The minimum atomic E-state index is -1.54. The molecule has 0 saturated heterocycles. The van der Waals surface area contributed by atoms with E-state index in [1.165, 1.54) is 19.6 Å². The van der Waals surface area contributed by atoms with E-state index in [1.54, 1.807) is 24.3 Å². The number of nitrogens with zero attached hydrogens (tertiary/aromatic N) is 1. The van der Waals surface area contributed by atoms with E-state index in [2.05, 4.69) is 10.6 Å². The summed E-state index contributed by atoms with van der Waals surface area (Å²) in [6, 6.07) is 10.5. The molecule has 2 aromatic rings. The second-order valence-corrected chi connectivity index (χ2v) is 9.31. The van der Waals surface area contributed by atoms with E-state index >= 15 is 0 Å². The van der Waals surface area contributed by atoms with Gasteiger partial charge in [-0.05, 0) is 46.7 Å². The van der Waals surface area contributed by atoms with Gasteiger partial charge in [0.15, 0.2) is 6.04 Å². The fourth-order valence-corrected chi connectivity index (χ4v) is 3.86. The summed E-state index contributed by atoms with van der Waals surface area (Å²) in [4.78, 5) is 49.1. The van der Waals surface area contributed by atoms with Crippen LogP contribution in [0.5, 0.6) is 0 Å². The number of amides is 4. The monoisotopic (exact) mass is 484 g/mol. The van der Waals surface area contributed by atoms with Crippen LogP contribution < -0.4 is 16.1 Å². The summed E-state index contributed by atoms with van der Waals surface area (Å²) in [5, 5.41) is 23.1. The van der Waals surface area contributed by atoms with E-state index in [-0.39, 0.29) is 11.0 Å². The van der Waals surface area contributed by atoms with Crippen LogP contribution in [0, 0.1) is 12.3 Å². The zero-order valence-electron chi connectivity index (χ0n) is 20.7. The number of aryl methyl sites for hydroxylation is 1. The summed E-state index contributed by atoms with van der Waals surface area (Å²) >= 11 is 0. The maximum absolute atomic E-state index is 12.9. The molecule has 10 nitrogen and oxygen atoms in total. The van der Waals surface area contributed by atoms with Gasteiger partial charge in [0.25, 0.3) is 17.7 Å². The number of nitrogens with one attached hydrogen (secondary N) is 3. The number of benzene rings is 2. The molecule has 0 saturated carbocycles. The number of carboxylic acid groups (broad SMARTS) is 1. The molecule has 2 rings (SSSR count). The quantitative estimate of drug-likeness (QED) is 0.232. The molecular formula is C25H32N4O6. The smallest absolute Gasteiger partial charge is 0.405 e. The van der Waals surface area contributed by atoms with Crippen molar-refractivity contribution in [3.63, 3.8) is 0 Å². The molecule has 0 radical (unpaired) electrons. The predicted molar refractivity (Wildman–Crippen MR) is 130 cm³/mol. The van der Waals surface area contributed by atoms with E-state index in [0.29, 0.717) is 0 Å². The minimum absolute atomic E-state index is 0.252. The standard InChI is InChI=1S/C25H32N4O6/c1-14-13-17(11-12-18(14)20(25(2,3)4)27-24(33)34)15-7-9-16(10-8-15)23(32)29(6)19(21(30)26-5)22(31)28-35/h7-13,19-20,27,35H,1-6H3,(H,26,30)(H,28,31)(H,33,34). The lowest BCUT2D eigenvalue weighted by Gasteiger charge is -2.32. The van der Waals surface area contributed by atoms with Gasteiger partial charge in [0.2, 0.25) is 0 Å². The molecule has 0 fully saturated rings. The van der Waals surface area contributed by atoms with Crippen LogP contribution in [0.1, 0.15) is 48.3 Å². The van der Waals surface area contributed by atoms with Crippen LogP contribution in [0.3, 0.4) is 0 Å². The predicted octanol–water partition coefficient (Wildman–Crippen LogP) is 2.71. The Hall–Kier alpha value is -3.92. The van der Waals surface area contributed by atoms with Crippen LogP contribution in [0.15, 0.2) is 42.5 Å². The largest absolute Gasteiger partial charge is 0.465 e. The fraction of sp³-hybridized carbons (Fsp3) is 0.360. The fourth-order valence-electron chi connectivity index (χ4n) is 3.86. The van der Waals surface area contributed by atoms with Crippen LogP contribution in [0.4, 0.5) is 4.79 Å². The van der Waals surface area contributed by atoms with Crippen molar-refractivity contribution < 1.29 is 29.5 Å². The highest BCUT2D eigenvalue weighted by atomic mass is 16.5. The molecule has 2 atom stereocenters. The van der Waals surface area contributed by atoms with Gasteiger partial charge in [0.1, 0.15) is 0 Å². The summed E-state index contributed by atoms with van der Waals surface area (Å²) in [5.74, 6) is -2.35. The third-order valence-corrected chi connectivity index (χ3v) is 5.74. The molecule has 2 aromatic carbocycles. The molecule has 0 aliphatic carbocycles. The van der Waals surface area contributed by atoms with Crippen molar-refractivity contribution in [2.24, 2.45) is 5.41 Å². The molecule has 2 unspecified atom stereocenters. The molecule has 10 heteroatoms. The highest BCUT2D eigenvalue weighted by Gasteiger charge is 2.33. The van der Waals surface area contributed by atoms with Gasteiger partial charge in [0, 0.05) is 19.7 Å². The lowest BCUT2D eigenvalue weighted by molar-refractivity contribution is -0.140. The Morgan fingerprint density at radius 2 is 1.51 bits per heavy atom. The first-order valence-corrected chi connectivity index (χ1v) is 10.9. The zero-order valence-corrected chi connectivity index (χ0v) is 20.7. The molecule has 5 N–H and O–H groups in total. The summed E-state index contributed by atoms with van der Waals surface area (Å²) < 4.78 is 0. The average molecular weight is 485 g/mol. The Kier molecular flexibility index (Phi) is 8.59. The summed E-state index contributed by atoms with van der Waals surface area (Å²) in [5.41, 5.74) is 4.82. The molecule has 4 amide bonds. The van der Waals surface area contributed by atoms with Crippen LogP contribution in [0.25, 0.3) is 11.1 Å². The van der Waals surface area contributed by atoms with E-state index < -0.39 is 35.9 Å². The van der Waals surface area contributed by atoms with Crippen molar-refractivity contribution in [2.45, 2.75) is 39.8 Å². The van der Waals surface area contributed by atoms with Gasteiger partial charge in [-0.15, -0.1) is 0 Å². The van der Waals surface area contributed by atoms with E-state index in [4.69, 9.17) is 5.21 Å². The average Bonchev–Trinajstić information content (AvgIpc) is 2.81. The SMILES string of the molecule is CNC(=O)C(C(=O)NO)N(C)C(=O)c1ccc(-c2ccc(C(NC(=O)O)C(C)(C)C)c(C)c2)cc1. The van der Waals surface area contributed by atoms with Crippen LogP contribution in [-0.4, -0.2) is 59.2 Å². The first kappa shape index (κ1) is 27.3. The van der Waals surface area contributed by atoms with Gasteiger partial charge in [-0.3, -0.25) is 19.6 Å². The number of hydroxylamine groups is 1. The lowest BCUT2D eigenvalue weighted by Crippen LogP contribution is -2.54. The molecule has 188 valence electrons. The molecule has 35 heavy (non-hydrogen) atoms. The van der Waals surface area contributed by atoms with Crippen molar-refractivity contribution >= 4 is 23.8 Å². The van der Waals surface area contributed by atoms with Crippen molar-refractivity contribution in [3.05, 3.63) is 59.2 Å². The van der Waals surface area contributed by atoms with Gasteiger partial charge < -0.3 is 20.6 Å². The zero-order chi connectivity index (χ0) is 26.5. The minimum Gasteiger partial charge on any atom is -0.465 e. The van der Waals surface area contributed by atoms with Gasteiger partial charge in [-0.1, -0.05) is 51.1 Å². The molecular weight excluding hydrogens is 452 g/mol. The number of hydrogen-bond acceptors (Lipinski definition) is 5. The molecule has 0 spiro atoms. The highest BCUT2D eigenvalue weighted by Crippen LogP contribution is 2.36. The first-order chi connectivity index (χ1) is 16.3. The van der Waals surface area contributed by atoms with E-state index in [1.807, 2.05) is 45.9 Å². The summed E-state index contributed by atoms with van der Waals surface area (Å²) in [7, 11) is 2.62. The second-order valence-electron chi connectivity index (χ2n) is 9.31. The number of carbonyl (C=O) groups is 4. The molecule has 0 aliphatic rings. The van der Waals surface area contributed by atoms with Crippen molar-refractivity contribution in [1.29, 1.82) is 0 Å². The van der Waals surface area contributed by atoms with Gasteiger partial charge in [-0.25, -0.2) is 10.3 Å². The first-order valence-electron chi connectivity index (χ1n) is 10.9. The second kappa shape index (κ2) is 11.0. The Morgan fingerprint density at radius 1 is 0.943 bits per heavy atom. The van der Waals surface area contributed by atoms with Gasteiger partial charge in [-0.2, -0.15) is 0 Å². The molecule has 0 aliphatic heterocycles. The van der Waals surface area contributed by atoms with Crippen molar-refractivity contribution in [3.8, 4) is 11.1 Å². The van der Waals surface area contributed by atoms with Crippen molar-refractivity contribution in [2.75, 3.05) is 14.1 Å². The Balaban J connectivity index is 2.32. The third kappa shape index (κ3) is 6.36. The van der Waals surface area contributed by atoms with Crippen LogP contribution in [-0.2, 0) is 9.59 Å². The Bertz CT molecular complexity index is 1090. The maximum atomic E-state index is 12.9. The van der Waals surface area contributed by atoms with Gasteiger partial charge in [0.05, 0.1) is 6.04 Å². The Morgan fingerprint density at radius 3 is 1.97 bits per heavy atom. The Labute approximate surface area is 204 Å². The summed E-state index contributed by atoms with van der Waals surface area (Å²) in [6.45, 7) is 7.81. The van der Waals surface area contributed by atoms with E-state index in [0.717, 1.165) is 27.2 Å². The number of rotatable bonds is 7. The third-order valence-electron chi connectivity index (χ3n) is 5.74. The lowest BCUT2D eigenvalue weighted by atomic mass is 9.80. The van der Waals surface area contributed by atoms with E-state index in [9.17, 15) is 24.3 Å². The molecule has 0 heterocycles. The van der Waals surface area contributed by atoms with Crippen molar-refractivity contribution in [1.82, 2.24) is 21.0 Å². The number of hydrogen-bond donors (Lipinski definition) is 5. The van der Waals surface area contributed by atoms with Gasteiger partial charge >= 0.3 is 6.09 Å².